The number of amides is 3. The van der Waals surface area contributed by atoms with Gasteiger partial charge in [0, 0.05) is 5.75 Å². The van der Waals surface area contributed by atoms with Crippen molar-refractivity contribution in [2.24, 2.45) is 0 Å². The molecule has 0 saturated carbocycles. The van der Waals surface area contributed by atoms with Crippen LogP contribution >= 0.6 is 11.8 Å². The van der Waals surface area contributed by atoms with E-state index in [-0.39, 0.29) is 18.9 Å². The number of nitrogens with one attached hydrogen (secondary N) is 2. The molecule has 1 aliphatic rings. The lowest BCUT2D eigenvalue weighted by atomic mass is 10.0. The summed E-state index contributed by atoms with van der Waals surface area (Å²) in [5.41, 5.74) is 1.54. The molecule has 3 rings (SSSR count). The van der Waals surface area contributed by atoms with E-state index >= 15 is 0 Å². The normalized spacial score (nSPS) is 17.5. The van der Waals surface area contributed by atoms with Gasteiger partial charge in [0.15, 0.2) is 6.10 Å². The van der Waals surface area contributed by atoms with Gasteiger partial charge in [-0.15, -0.1) is 11.8 Å². The number of hydrogen-bond donors (Lipinski definition) is 4. The molecule has 36 heavy (non-hydrogen) atoms. The van der Waals surface area contributed by atoms with E-state index in [1.54, 1.807) is 42.5 Å². The van der Waals surface area contributed by atoms with Gasteiger partial charge in [-0.1, -0.05) is 60.7 Å². The first-order chi connectivity index (χ1) is 17.3. The fraction of sp³-hybridized carbons (Fsp3) is 0.360. The van der Waals surface area contributed by atoms with Crippen molar-refractivity contribution in [3.63, 3.8) is 0 Å². The minimum absolute atomic E-state index is 0.0485. The van der Waals surface area contributed by atoms with Gasteiger partial charge in [-0.3, -0.25) is 9.59 Å². The van der Waals surface area contributed by atoms with E-state index in [2.05, 4.69) is 10.6 Å². The molecular weight excluding hydrogens is 486 g/mol. The number of carbonyl (C=O) groups is 4. The first kappa shape index (κ1) is 27.0. The highest BCUT2D eigenvalue weighted by Gasteiger charge is 2.39. The molecule has 4 atom stereocenters. The number of aliphatic carboxylic acids is 1. The SMILES string of the molecule is C[C@H](NC(=O)OCc1ccccc1)C(=O)N1CSC[C@H]1C(=O)N[C@@H](Cc1ccccc1)C(O)C(=O)O. The zero-order valence-electron chi connectivity index (χ0n) is 19.7. The summed E-state index contributed by atoms with van der Waals surface area (Å²) in [4.78, 5) is 51.0. The Balaban J connectivity index is 1.59. The van der Waals surface area contributed by atoms with Crippen LogP contribution in [-0.2, 0) is 32.1 Å². The summed E-state index contributed by atoms with van der Waals surface area (Å²) in [6.45, 7) is 1.54. The van der Waals surface area contributed by atoms with Crippen molar-refractivity contribution in [1.29, 1.82) is 0 Å². The predicted molar refractivity (Wildman–Crippen MR) is 133 cm³/mol. The lowest BCUT2D eigenvalue weighted by molar-refractivity contribution is -0.149. The molecule has 0 radical (unpaired) electrons. The van der Waals surface area contributed by atoms with Crippen LogP contribution in [0.3, 0.4) is 0 Å². The molecule has 3 amide bonds. The Morgan fingerprint density at radius 1 is 1.03 bits per heavy atom. The highest BCUT2D eigenvalue weighted by molar-refractivity contribution is 7.99. The van der Waals surface area contributed by atoms with Gasteiger partial charge in [0.05, 0.1) is 11.9 Å². The molecule has 0 aromatic heterocycles. The monoisotopic (exact) mass is 515 g/mol. The Morgan fingerprint density at radius 3 is 2.25 bits per heavy atom. The van der Waals surface area contributed by atoms with E-state index in [4.69, 9.17) is 4.74 Å². The number of nitrogens with zero attached hydrogens (tertiary/aromatic N) is 1. The van der Waals surface area contributed by atoms with Crippen molar-refractivity contribution in [2.75, 3.05) is 11.6 Å². The van der Waals surface area contributed by atoms with E-state index in [1.807, 2.05) is 18.2 Å². The van der Waals surface area contributed by atoms with E-state index in [0.29, 0.717) is 5.75 Å². The summed E-state index contributed by atoms with van der Waals surface area (Å²) in [7, 11) is 0. The van der Waals surface area contributed by atoms with Gasteiger partial charge < -0.3 is 30.5 Å². The molecule has 11 heteroatoms. The van der Waals surface area contributed by atoms with Crippen molar-refractivity contribution in [2.45, 2.75) is 44.2 Å². The number of hydrogen-bond acceptors (Lipinski definition) is 7. The van der Waals surface area contributed by atoms with Gasteiger partial charge in [0.2, 0.25) is 11.8 Å². The Bertz CT molecular complexity index is 1050. The molecule has 1 aliphatic heterocycles. The van der Waals surface area contributed by atoms with Crippen LogP contribution in [0, 0.1) is 0 Å². The fourth-order valence-corrected chi connectivity index (χ4v) is 4.85. The number of carbonyl (C=O) groups excluding carboxylic acids is 3. The minimum atomic E-state index is -1.83. The van der Waals surface area contributed by atoms with Gasteiger partial charge in [0.25, 0.3) is 0 Å². The zero-order valence-corrected chi connectivity index (χ0v) is 20.5. The largest absolute Gasteiger partial charge is 0.479 e. The average molecular weight is 516 g/mol. The molecule has 10 nitrogen and oxygen atoms in total. The van der Waals surface area contributed by atoms with E-state index < -0.39 is 48.1 Å². The molecule has 1 unspecified atom stereocenters. The van der Waals surface area contributed by atoms with E-state index in [1.165, 1.54) is 23.6 Å². The lowest BCUT2D eigenvalue weighted by Crippen LogP contribution is -2.57. The Labute approximate surface area is 213 Å². The summed E-state index contributed by atoms with van der Waals surface area (Å²) in [6.07, 6.45) is -2.49. The zero-order chi connectivity index (χ0) is 26.1. The molecule has 2 aromatic carbocycles. The maximum Gasteiger partial charge on any atom is 0.408 e. The Morgan fingerprint density at radius 2 is 1.64 bits per heavy atom. The van der Waals surface area contributed by atoms with Crippen LogP contribution in [0.1, 0.15) is 18.1 Å². The predicted octanol–water partition coefficient (Wildman–Crippen LogP) is 1.38. The fourth-order valence-electron chi connectivity index (χ4n) is 3.69. The quantitative estimate of drug-likeness (QED) is 0.371. The number of aliphatic hydroxyl groups is 1. The maximum absolute atomic E-state index is 13.1. The number of benzene rings is 2. The van der Waals surface area contributed by atoms with Gasteiger partial charge in [-0.05, 0) is 24.5 Å². The van der Waals surface area contributed by atoms with Crippen molar-refractivity contribution in [3.05, 3.63) is 71.8 Å². The van der Waals surface area contributed by atoms with Gasteiger partial charge in [-0.2, -0.15) is 0 Å². The van der Waals surface area contributed by atoms with Gasteiger partial charge in [0.1, 0.15) is 18.7 Å². The molecule has 4 N–H and O–H groups in total. The smallest absolute Gasteiger partial charge is 0.408 e. The third kappa shape index (κ3) is 7.46. The van der Waals surface area contributed by atoms with Gasteiger partial charge >= 0.3 is 12.1 Å². The maximum atomic E-state index is 13.1. The molecule has 192 valence electrons. The van der Waals surface area contributed by atoms with Crippen LogP contribution in [-0.4, -0.2) is 74.8 Å². The molecule has 0 spiro atoms. The van der Waals surface area contributed by atoms with Crippen molar-refractivity contribution >= 4 is 35.6 Å². The van der Waals surface area contributed by atoms with E-state index in [0.717, 1.165) is 11.1 Å². The number of thioether (sulfide) groups is 1. The van der Waals surface area contributed by atoms with Crippen molar-refractivity contribution in [3.8, 4) is 0 Å². The Hall–Kier alpha value is -3.57. The first-order valence-corrected chi connectivity index (χ1v) is 12.5. The highest BCUT2D eigenvalue weighted by Crippen LogP contribution is 2.22. The highest BCUT2D eigenvalue weighted by atomic mass is 32.2. The first-order valence-electron chi connectivity index (χ1n) is 11.4. The van der Waals surface area contributed by atoms with E-state index in [9.17, 15) is 29.4 Å². The molecule has 0 bridgehead atoms. The summed E-state index contributed by atoms with van der Waals surface area (Å²) in [5, 5.41) is 24.6. The molecule has 1 heterocycles. The Kier molecular flexibility index (Phi) is 9.71. The standard InChI is InChI=1S/C25H29N3O7S/c1-16(26-25(34)35-13-18-10-6-3-7-11-18)23(31)28-15-36-14-20(28)22(30)27-19(21(29)24(32)33)12-17-8-4-2-5-9-17/h2-11,16,19-21,29H,12-15H2,1H3,(H,26,34)(H,27,30)(H,32,33)/t16-,19-,20-,21?/m0/s1. The minimum Gasteiger partial charge on any atom is -0.479 e. The topological polar surface area (TPSA) is 145 Å². The summed E-state index contributed by atoms with van der Waals surface area (Å²) >= 11 is 1.36. The third-order valence-electron chi connectivity index (χ3n) is 5.65. The third-order valence-corrected chi connectivity index (χ3v) is 6.66. The number of alkyl carbamates (subject to hydrolysis) is 1. The van der Waals surface area contributed by atoms with Crippen LogP contribution < -0.4 is 10.6 Å². The summed E-state index contributed by atoms with van der Waals surface area (Å²) in [5.74, 6) is -1.99. The number of carboxylic acid groups (broad SMARTS) is 1. The lowest BCUT2D eigenvalue weighted by Gasteiger charge is -2.29. The summed E-state index contributed by atoms with van der Waals surface area (Å²) in [6, 6.07) is 15.0. The second-order valence-corrected chi connectivity index (χ2v) is 9.34. The second kappa shape index (κ2) is 12.9. The molecular formula is C25H29N3O7S. The molecule has 1 fully saturated rings. The van der Waals surface area contributed by atoms with Crippen LogP contribution in [0.5, 0.6) is 0 Å². The second-order valence-electron chi connectivity index (χ2n) is 8.34. The van der Waals surface area contributed by atoms with Crippen LogP contribution in [0.4, 0.5) is 4.79 Å². The van der Waals surface area contributed by atoms with Crippen LogP contribution in [0.2, 0.25) is 0 Å². The molecule has 0 aliphatic carbocycles. The molecule has 1 saturated heterocycles. The van der Waals surface area contributed by atoms with Crippen molar-refractivity contribution in [1.82, 2.24) is 15.5 Å². The van der Waals surface area contributed by atoms with Gasteiger partial charge in [-0.25, -0.2) is 9.59 Å². The van der Waals surface area contributed by atoms with Crippen molar-refractivity contribution < 1.29 is 34.1 Å². The number of carboxylic acids is 1. The van der Waals surface area contributed by atoms with Crippen LogP contribution in [0.25, 0.3) is 0 Å². The summed E-state index contributed by atoms with van der Waals surface area (Å²) < 4.78 is 5.16. The molecule has 2 aromatic rings. The van der Waals surface area contributed by atoms with Crippen LogP contribution in [0.15, 0.2) is 60.7 Å². The number of rotatable bonds is 10. The number of aliphatic hydroxyl groups excluding tert-OH is 1. The average Bonchev–Trinajstić information content (AvgIpc) is 3.37. The number of ether oxygens (including phenoxy) is 1.